The van der Waals surface area contributed by atoms with Crippen molar-refractivity contribution in [3.8, 4) is 0 Å². The highest BCUT2D eigenvalue weighted by molar-refractivity contribution is 6.06. The molecule has 0 bridgehead atoms. The minimum Gasteiger partial charge on any atom is -0.285 e. The predicted molar refractivity (Wildman–Crippen MR) is 129 cm³/mol. The van der Waals surface area contributed by atoms with Gasteiger partial charge in [-0.25, -0.2) is 0 Å². The zero-order chi connectivity index (χ0) is 20.6. The molecular weight excluding hydrogens is 362 g/mol. The Bertz CT molecular complexity index is 1140. The van der Waals surface area contributed by atoms with Crippen LogP contribution < -0.4 is 0 Å². The van der Waals surface area contributed by atoms with E-state index in [9.17, 15) is 0 Å². The molecule has 4 aromatic carbocycles. The molecule has 0 fully saturated rings. The Morgan fingerprint density at radius 2 is 1.17 bits per heavy atom. The van der Waals surface area contributed by atoms with Crippen LogP contribution in [0.5, 0.6) is 0 Å². The predicted octanol–water partition coefficient (Wildman–Crippen LogP) is 7.28. The number of nitrogens with zero attached hydrogens (tertiary/aromatic N) is 1. The first-order valence-corrected chi connectivity index (χ1v) is 10.3. The molecule has 0 radical (unpaired) electrons. The average molecular weight is 388 g/mol. The van der Waals surface area contributed by atoms with Gasteiger partial charge in [0.05, 0.1) is 6.54 Å². The van der Waals surface area contributed by atoms with E-state index < -0.39 is 0 Å². The number of aliphatic imine (C=N–C) groups is 1. The van der Waals surface area contributed by atoms with E-state index >= 15 is 0 Å². The van der Waals surface area contributed by atoms with Crippen LogP contribution in [0.2, 0.25) is 0 Å². The van der Waals surface area contributed by atoms with Crippen molar-refractivity contribution in [2.75, 3.05) is 0 Å². The third-order valence-electron chi connectivity index (χ3n) is 5.14. The Kier molecular flexibility index (Phi) is 6.31. The van der Waals surface area contributed by atoms with Gasteiger partial charge in [-0.3, -0.25) is 4.99 Å². The molecule has 30 heavy (non-hydrogen) atoms. The van der Waals surface area contributed by atoms with Crippen LogP contribution in [0.4, 0.5) is 0 Å². The molecule has 1 heteroatoms. The van der Waals surface area contributed by atoms with Gasteiger partial charge >= 0.3 is 0 Å². The van der Waals surface area contributed by atoms with E-state index in [-0.39, 0.29) is 0 Å². The highest BCUT2D eigenvalue weighted by Crippen LogP contribution is 2.29. The van der Waals surface area contributed by atoms with Gasteiger partial charge in [0, 0.05) is 11.3 Å². The minimum atomic E-state index is 0.685. The van der Waals surface area contributed by atoms with Gasteiger partial charge in [-0.15, -0.1) is 0 Å². The molecule has 0 atom stereocenters. The smallest absolute Gasteiger partial charge is 0.0643 e. The highest BCUT2D eigenvalue weighted by Gasteiger charge is 2.12. The van der Waals surface area contributed by atoms with Gasteiger partial charge < -0.3 is 0 Å². The first-order valence-electron chi connectivity index (χ1n) is 10.3. The van der Waals surface area contributed by atoms with E-state index in [4.69, 9.17) is 4.99 Å². The summed E-state index contributed by atoms with van der Waals surface area (Å²) in [6, 6.07) is 40.0. The molecule has 0 unspecified atom stereocenters. The van der Waals surface area contributed by atoms with E-state index in [0.717, 1.165) is 5.71 Å². The summed E-state index contributed by atoms with van der Waals surface area (Å²) in [5.74, 6) is 0. The van der Waals surface area contributed by atoms with Crippen LogP contribution in [0.25, 0.3) is 11.6 Å². The SMILES string of the molecule is CC(=NCc1ccccc1)c1ccccc1/C(=C/c1ccccc1)c1ccccc1. The molecule has 0 aliphatic rings. The Morgan fingerprint density at radius 1 is 0.633 bits per heavy atom. The van der Waals surface area contributed by atoms with Crippen LogP contribution in [0.1, 0.15) is 34.7 Å². The first-order chi connectivity index (χ1) is 14.8. The normalized spacial score (nSPS) is 12.0. The summed E-state index contributed by atoms with van der Waals surface area (Å²) in [5.41, 5.74) is 8.21. The fourth-order valence-electron chi connectivity index (χ4n) is 3.56. The largest absolute Gasteiger partial charge is 0.285 e. The molecule has 0 saturated heterocycles. The van der Waals surface area contributed by atoms with E-state index in [1.54, 1.807) is 0 Å². The lowest BCUT2D eigenvalue weighted by molar-refractivity contribution is 1.06. The highest BCUT2D eigenvalue weighted by atomic mass is 14.7. The van der Waals surface area contributed by atoms with Crippen molar-refractivity contribution in [2.24, 2.45) is 4.99 Å². The molecule has 0 aromatic heterocycles. The second kappa shape index (κ2) is 9.67. The monoisotopic (exact) mass is 387 g/mol. The molecular formula is C29H25N. The summed E-state index contributed by atoms with van der Waals surface area (Å²) in [6.45, 7) is 2.79. The average Bonchev–Trinajstić information content (AvgIpc) is 2.83. The Hall–Kier alpha value is -3.71. The summed E-state index contributed by atoms with van der Waals surface area (Å²) in [5, 5.41) is 0. The second-order valence-corrected chi connectivity index (χ2v) is 7.27. The Balaban J connectivity index is 1.78. The molecule has 0 amide bonds. The van der Waals surface area contributed by atoms with Crippen molar-refractivity contribution in [1.82, 2.24) is 0 Å². The van der Waals surface area contributed by atoms with Crippen molar-refractivity contribution in [3.63, 3.8) is 0 Å². The number of rotatable bonds is 6. The lowest BCUT2D eigenvalue weighted by atomic mass is 9.90. The third kappa shape index (κ3) is 4.82. The van der Waals surface area contributed by atoms with E-state index in [2.05, 4.69) is 116 Å². The van der Waals surface area contributed by atoms with Crippen LogP contribution in [-0.4, -0.2) is 5.71 Å². The van der Waals surface area contributed by atoms with Crippen molar-refractivity contribution in [3.05, 3.63) is 143 Å². The maximum absolute atomic E-state index is 4.90. The Morgan fingerprint density at radius 3 is 1.83 bits per heavy atom. The molecule has 0 aliphatic heterocycles. The quantitative estimate of drug-likeness (QED) is 0.243. The number of hydrogen-bond acceptors (Lipinski definition) is 1. The molecule has 4 rings (SSSR count). The summed E-state index contributed by atoms with van der Waals surface area (Å²) in [6.07, 6.45) is 2.26. The van der Waals surface area contributed by atoms with Crippen LogP contribution in [0.3, 0.4) is 0 Å². The molecule has 0 saturated carbocycles. The fraction of sp³-hybridized carbons (Fsp3) is 0.0690. The molecule has 0 aliphatic carbocycles. The summed E-state index contributed by atoms with van der Waals surface area (Å²) in [7, 11) is 0. The van der Waals surface area contributed by atoms with Gasteiger partial charge in [0.1, 0.15) is 0 Å². The van der Waals surface area contributed by atoms with Gasteiger partial charge in [0.25, 0.3) is 0 Å². The lowest BCUT2D eigenvalue weighted by Crippen LogP contribution is -2.02. The van der Waals surface area contributed by atoms with Crippen molar-refractivity contribution in [2.45, 2.75) is 13.5 Å². The van der Waals surface area contributed by atoms with Gasteiger partial charge in [0.15, 0.2) is 0 Å². The zero-order valence-electron chi connectivity index (χ0n) is 17.2. The molecule has 0 spiro atoms. The van der Waals surface area contributed by atoms with E-state index in [0.29, 0.717) is 6.54 Å². The van der Waals surface area contributed by atoms with Crippen LogP contribution in [-0.2, 0) is 6.54 Å². The molecule has 1 nitrogen and oxygen atoms in total. The molecule has 146 valence electrons. The van der Waals surface area contributed by atoms with Crippen LogP contribution >= 0.6 is 0 Å². The lowest BCUT2D eigenvalue weighted by Gasteiger charge is -2.14. The summed E-state index contributed by atoms with van der Waals surface area (Å²) >= 11 is 0. The van der Waals surface area contributed by atoms with Gasteiger partial charge in [-0.05, 0) is 40.8 Å². The van der Waals surface area contributed by atoms with Crippen molar-refractivity contribution < 1.29 is 0 Å². The number of hydrogen-bond donors (Lipinski definition) is 0. The van der Waals surface area contributed by atoms with E-state index in [1.165, 1.54) is 33.4 Å². The number of benzene rings is 4. The van der Waals surface area contributed by atoms with Gasteiger partial charge in [-0.1, -0.05) is 115 Å². The minimum absolute atomic E-state index is 0.685. The van der Waals surface area contributed by atoms with Crippen molar-refractivity contribution >= 4 is 17.4 Å². The van der Waals surface area contributed by atoms with Gasteiger partial charge in [0.2, 0.25) is 0 Å². The molecule has 4 aromatic rings. The maximum atomic E-state index is 4.90. The molecule has 0 N–H and O–H groups in total. The van der Waals surface area contributed by atoms with Crippen LogP contribution in [0, 0.1) is 0 Å². The van der Waals surface area contributed by atoms with E-state index in [1.807, 2.05) is 12.1 Å². The fourth-order valence-corrected chi connectivity index (χ4v) is 3.56. The summed E-state index contributed by atoms with van der Waals surface area (Å²) in [4.78, 5) is 4.90. The second-order valence-electron chi connectivity index (χ2n) is 7.27. The zero-order valence-corrected chi connectivity index (χ0v) is 17.2. The first kappa shape index (κ1) is 19.6. The molecule has 0 heterocycles. The topological polar surface area (TPSA) is 12.4 Å². The van der Waals surface area contributed by atoms with Crippen molar-refractivity contribution in [1.29, 1.82) is 0 Å². The summed E-state index contributed by atoms with van der Waals surface area (Å²) < 4.78 is 0. The maximum Gasteiger partial charge on any atom is 0.0643 e. The third-order valence-corrected chi connectivity index (χ3v) is 5.14. The Labute approximate surface area is 179 Å². The van der Waals surface area contributed by atoms with Gasteiger partial charge in [-0.2, -0.15) is 0 Å². The van der Waals surface area contributed by atoms with Crippen LogP contribution in [0.15, 0.2) is 120 Å². The standard InChI is InChI=1S/C29H25N/c1-23(30-22-25-15-7-3-8-16-25)27-19-11-12-20-28(27)29(26-17-9-4-10-18-26)21-24-13-5-2-6-14-24/h2-21H,22H2,1H3/b29-21+,30-23?.